The molecule has 1 unspecified atom stereocenters. The highest BCUT2D eigenvalue weighted by atomic mass is 35.5. The van der Waals surface area contributed by atoms with Crippen molar-refractivity contribution in [3.63, 3.8) is 0 Å². The Morgan fingerprint density at radius 2 is 2.00 bits per heavy atom. The van der Waals surface area contributed by atoms with Gasteiger partial charge in [-0.2, -0.15) is 0 Å². The molecule has 1 amide bonds. The largest absolute Gasteiger partial charge is 0.420 e. The highest BCUT2D eigenvalue weighted by molar-refractivity contribution is 6.31. The third kappa shape index (κ3) is 3.07. The van der Waals surface area contributed by atoms with Crippen LogP contribution in [0.5, 0.6) is 0 Å². The summed E-state index contributed by atoms with van der Waals surface area (Å²) in [6.07, 6.45) is 0.937. The summed E-state index contributed by atoms with van der Waals surface area (Å²) in [5, 5.41) is 0.491. The van der Waals surface area contributed by atoms with Gasteiger partial charge in [-0.1, -0.05) is 41.9 Å². The quantitative estimate of drug-likeness (QED) is 0.723. The summed E-state index contributed by atoms with van der Waals surface area (Å²) in [7, 11) is 0. The molecule has 0 saturated carbocycles. The molecule has 6 heteroatoms. The molecule has 2 aromatic carbocycles. The Bertz CT molecular complexity index is 977. The fourth-order valence-electron chi connectivity index (χ4n) is 3.41. The Morgan fingerprint density at radius 1 is 1.20 bits per heavy atom. The number of halogens is 1. The maximum atomic E-state index is 12.7. The maximum Gasteiger partial charge on any atom is 0.420 e. The smallest absolute Gasteiger partial charge is 0.408 e. The molecule has 128 valence electrons. The lowest BCUT2D eigenvalue weighted by atomic mass is 9.99. The number of likely N-dealkylation sites (tertiary alicyclic amines) is 1. The highest BCUT2D eigenvalue weighted by Crippen LogP contribution is 2.27. The van der Waals surface area contributed by atoms with Gasteiger partial charge in [0.15, 0.2) is 5.58 Å². The first kappa shape index (κ1) is 16.0. The number of fused-ring (bicyclic) bond motifs is 1. The Kier molecular flexibility index (Phi) is 4.09. The van der Waals surface area contributed by atoms with Crippen molar-refractivity contribution < 1.29 is 9.21 Å². The van der Waals surface area contributed by atoms with Gasteiger partial charge in [-0.05, 0) is 24.1 Å². The van der Waals surface area contributed by atoms with E-state index in [9.17, 15) is 9.59 Å². The van der Waals surface area contributed by atoms with Gasteiger partial charge in [0.25, 0.3) is 0 Å². The summed E-state index contributed by atoms with van der Waals surface area (Å²) >= 11 is 5.92. The maximum absolute atomic E-state index is 12.7. The predicted octanol–water partition coefficient (Wildman–Crippen LogP) is 3.26. The lowest BCUT2D eigenvalue weighted by molar-refractivity contribution is -0.130. The monoisotopic (exact) mass is 356 g/mol. The van der Waals surface area contributed by atoms with Crippen molar-refractivity contribution >= 4 is 28.6 Å². The number of carbonyl (C=O) groups excluding carboxylic acids is 1. The zero-order valence-electron chi connectivity index (χ0n) is 13.5. The number of rotatable bonds is 3. The van der Waals surface area contributed by atoms with Gasteiger partial charge in [-0.25, -0.2) is 4.79 Å². The fourth-order valence-corrected chi connectivity index (χ4v) is 3.57. The first-order valence-electron chi connectivity index (χ1n) is 8.23. The number of nitrogens with zero attached hydrogens (tertiary/aromatic N) is 2. The van der Waals surface area contributed by atoms with Crippen LogP contribution in [0.2, 0.25) is 5.02 Å². The molecular formula is C19H17ClN2O3. The van der Waals surface area contributed by atoms with Gasteiger partial charge in [-0.15, -0.1) is 0 Å². The number of carbonyl (C=O) groups is 1. The molecular weight excluding hydrogens is 340 g/mol. The van der Waals surface area contributed by atoms with E-state index < -0.39 is 5.76 Å². The Balaban J connectivity index is 1.52. The number of hydrogen-bond acceptors (Lipinski definition) is 3. The molecule has 2 heterocycles. The number of benzene rings is 2. The van der Waals surface area contributed by atoms with Gasteiger partial charge in [0, 0.05) is 30.1 Å². The summed E-state index contributed by atoms with van der Waals surface area (Å²) in [5.74, 6) is -0.260. The molecule has 0 bridgehead atoms. The SMILES string of the molecule is O=C(Cn1c(=O)oc2cc(Cl)ccc21)N1CCC(c2ccccc2)C1. The molecule has 1 aliphatic rings. The molecule has 0 aliphatic carbocycles. The third-order valence-corrected chi connectivity index (χ3v) is 4.97. The van der Waals surface area contributed by atoms with Crippen molar-refractivity contribution in [2.24, 2.45) is 0 Å². The van der Waals surface area contributed by atoms with Crippen LogP contribution >= 0.6 is 11.6 Å². The molecule has 5 nitrogen and oxygen atoms in total. The van der Waals surface area contributed by atoms with Gasteiger partial charge in [0.2, 0.25) is 5.91 Å². The van der Waals surface area contributed by atoms with Gasteiger partial charge in [-0.3, -0.25) is 9.36 Å². The van der Waals surface area contributed by atoms with E-state index in [-0.39, 0.29) is 12.5 Å². The second-order valence-electron chi connectivity index (χ2n) is 6.30. The van der Waals surface area contributed by atoms with E-state index >= 15 is 0 Å². The van der Waals surface area contributed by atoms with Gasteiger partial charge < -0.3 is 9.32 Å². The van der Waals surface area contributed by atoms with E-state index in [1.165, 1.54) is 10.1 Å². The molecule has 0 spiro atoms. The molecule has 1 saturated heterocycles. The molecule has 1 atom stereocenters. The van der Waals surface area contributed by atoms with Crippen LogP contribution in [0.25, 0.3) is 11.1 Å². The van der Waals surface area contributed by atoms with E-state index in [2.05, 4.69) is 12.1 Å². The molecule has 1 fully saturated rings. The van der Waals surface area contributed by atoms with Crippen LogP contribution in [0, 0.1) is 0 Å². The fraction of sp³-hybridized carbons (Fsp3) is 0.263. The Hall–Kier alpha value is -2.53. The zero-order valence-corrected chi connectivity index (χ0v) is 14.3. The summed E-state index contributed by atoms with van der Waals surface area (Å²) < 4.78 is 6.55. The molecule has 0 N–H and O–H groups in total. The predicted molar refractivity (Wildman–Crippen MR) is 95.9 cm³/mol. The lowest BCUT2D eigenvalue weighted by Gasteiger charge is -2.17. The first-order valence-corrected chi connectivity index (χ1v) is 8.61. The van der Waals surface area contributed by atoms with Crippen LogP contribution < -0.4 is 5.76 Å². The zero-order chi connectivity index (χ0) is 17.4. The molecule has 25 heavy (non-hydrogen) atoms. The molecule has 1 aliphatic heterocycles. The van der Waals surface area contributed by atoms with Crippen molar-refractivity contribution in [1.82, 2.24) is 9.47 Å². The van der Waals surface area contributed by atoms with Crippen LogP contribution in [0.15, 0.2) is 57.7 Å². The average Bonchev–Trinajstić information content (AvgIpc) is 3.21. The van der Waals surface area contributed by atoms with Crippen molar-refractivity contribution in [3.8, 4) is 0 Å². The second-order valence-corrected chi connectivity index (χ2v) is 6.74. The van der Waals surface area contributed by atoms with Crippen molar-refractivity contribution in [1.29, 1.82) is 0 Å². The number of aromatic nitrogens is 1. The summed E-state index contributed by atoms with van der Waals surface area (Å²) in [5.41, 5.74) is 2.23. The Morgan fingerprint density at radius 3 is 2.80 bits per heavy atom. The minimum absolute atomic E-state index is 0.0189. The van der Waals surface area contributed by atoms with Crippen molar-refractivity contribution in [2.75, 3.05) is 13.1 Å². The molecule has 3 aromatic rings. The van der Waals surface area contributed by atoms with Crippen molar-refractivity contribution in [2.45, 2.75) is 18.9 Å². The van der Waals surface area contributed by atoms with Crippen molar-refractivity contribution in [3.05, 3.63) is 69.7 Å². The third-order valence-electron chi connectivity index (χ3n) is 4.74. The summed E-state index contributed by atoms with van der Waals surface area (Å²) in [4.78, 5) is 26.5. The van der Waals surface area contributed by atoms with E-state index in [4.69, 9.17) is 16.0 Å². The highest BCUT2D eigenvalue weighted by Gasteiger charge is 2.28. The van der Waals surface area contributed by atoms with Crippen LogP contribution in [-0.2, 0) is 11.3 Å². The minimum atomic E-state index is -0.538. The number of amides is 1. The minimum Gasteiger partial charge on any atom is -0.408 e. The molecule has 1 aromatic heterocycles. The lowest BCUT2D eigenvalue weighted by Crippen LogP contribution is -2.34. The summed E-state index contributed by atoms with van der Waals surface area (Å²) in [6.45, 7) is 1.36. The topological polar surface area (TPSA) is 55.5 Å². The number of hydrogen-bond donors (Lipinski definition) is 0. The van der Waals surface area contributed by atoms with E-state index in [0.717, 1.165) is 6.42 Å². The van der Waals surface area contributed by atoms with E-state index in [1.807, 2.05) is 23.1 Å². The molecule has 0 radical (unpaired) electrons. The van der Waals surface area contributed by atoms with Crippen LogP contribution in [-0.4, -0.2) is 28.5 Å². The normalized spacial score (nSPS) is 17.3. The van der Waals surface area contributed by atoms with E-state index in [0.29, 0.717) is 35.1 Å². The van der Waals surface area contributed by atoms with Crippen LogP contribution in [0.4, 0.5) is 0 Å². The average molecular weight is 357 g/mol. The first-order chi connectivity index (χ1) is 12.1. The van der Waals surface area contributed by atoms with Crippen LogP contribution in [0.3, 0.4) is 0 Å². The van der Waals surface area contributed by atoms with E-state index in [1.54, 1.807) is 18.2 Å². The number of oxazole rings is 1. The Labute approximate surface area is 149 Å². The second kappa shape index (κ2) is 6.41. The molecule has 4 rings (SSSR count). The standard InChI is InChI=1S/C19H17ClN2O3/c20-15-6-7-16-17(10-15)25-19(24)22(16)12-18(23)21-9-8-14(11-21)13-4-2-1-3-5-13/h1-7,10,14H,8-9,11-12H2. The summed E-state index contributed by atoms with van der Waals surface area (Å²) in [6, 6.07) is 15.2. The van der Waals surface area contributed by atoms with Gasteiger partial charge in [0.05, 0.1) is 5.52 Å². The van der Waals surface area contributed by atoms with Gasteiger partial charge >= 0.3 is 5.76 Å². The van der Waals surface area contributed by atoms with Crippen LogP contribution in [0.1, 0.15) is 17.9 Å². The van der Waals surface area contributed by atoms with Gasteiger partial charge in [0.1, 0.15) is 6.54 Å².